The summed E-state index contributed by atoms with van der Waals surface area (Å²) in [5, 5.41) is -5.77. The minimum atomic E-state index is -6.46. The number of carbonyl (C=O) groups excluding carboxylic acids is 1. The van der Waals surface area contributed by atoms with Crippen LogP contribution in [0.4, 0.5) is 22.0 Å². The summed E-state index contributed by atoms with van der Waals surface area (Å²) in [6.45, 7) is 0. The van der Waals surface area contributed by atoms with Crippen LogP contribution < -0.4 is 29.6 Å². The van der Waals surface area contributed by atoms with Crippen LogP contribution in [0, 0.1) is 0 Å². The van der Waals surface area contributed by atoms with Crippen molar-refractivity contribution >= 4 is 16.1 Å². The van der Waals surface area contributed by atoms with E-state index in [0.29, 0.717) is 0 Å². The van der Waals surface area contributed by atoms with E-state index in [4.69, 9.17) is 4.55 Å². The zero-order valence-electron chi connectivity index (χ0n) is 11.1. The standard InChI is InChI=1S/C8H5F5O6S.Na.H/c9-7(10,11)6(8(12,13)20(15,16)17)19-5(14)4-2-1-3-18-4;;/h1-3,6H,(H,15,16,17);;/q;+1;-1. The van der Waals surface area contributed by atoms with E-state index in [9.17, 15) is 35.2 Å². The SMILES string of the molecule is O=C(OC(C(F)(F)F)C(F)(F)S(=O)(=O)O)c1ccco1.[H-].[Na+]. The minimum Gasteiger partial charge on any atom is -1.00 e. The molecule has 0 aliphatic carbocycles. The molecule has 0 spiro atoms. The quantitative estimate of drug-likeness (QED) is 0.324. The average Bonchev–Trinajstić information content (AvgIpc) is 2.75. The number of rotatable bonds is 4. The second-order valence-electron chi connectivity index (χ2n) is 3.34. The summed E-state index contributed by atoms with van der Waals surface area (Å²) < 4.78 is 99.7. The topological polar surface area (TPSA) is 93.8 Å². The van der Waals surface area contributed by atoms with Gasteiger partial charge in [0.05, 0.1) is 6.26 Å². The van der Waals surface area contributed by atoms with Crippen molar-refractivity contribution in [2.24, 2.45) is 0 Å². The number of hydrogen-bond donors (Lipinski definition) is 1. The van der Waals surface area contributed by atoms with E-state index in [2.05, 4.69) is 9.15 Å². The molecule has 1 aromatic rings. The molecule has 0 radical (unpaired) electrons. The van der Waals surface area contributed by atoms with E-state index in [1.807, 2.05) is 0 Å². The number of carbonyl (C=O) groups is 1. The van der Waals surface area contributed by atoms with Gasteiger partial charge >= 0.3 is 57.1 Å². The first-order valence-electron chi connectivity index (χ1n) is 4.53. The molecular formula is C8H6F5NaO6S. The van der Waals surface area contributed by atoms with E-state index < -0.39 is 39.4 Å². The van der Waals surface area contributed by atoms with Crippen LogP contribution in [-0.4, -0.2) is 36.5 Å². The molecule has 116 valence electrons. The Kier molecular flexibility index (Phi) is 6.39. The van der Waals surface area contributed by atoms with Gasteiger partial charge in [0.2, 0.25) is 5.76 Å². The Hall–Kier alpha value is -0.690. The zero-order chi connectivity index (χ0) is 15.8. The van der Waals surface area contributed by atoms with Crippen molar-refractivity contribution in [2.75, 3.05) is 0 Å². The molecule has 1 N–H and O–H groups in total. The summed E-state index contributed by atoms with van der Waals surface area (Å²) in [6.07, 6.45) is -9.48. The maximum atomic E-state index is 13.0. The molecule has 0 aliphatic heterocycles. The second kappa shape index (κ2) is 6.60. The average molecular weight is 348 g/mol. The Morgan fingerprint density at radius 3 is 2.19 bits per heavy atom. The fraction of sp³-hybridized carbons (Fsp3) is 0.375. The first-order valence-corrected chi connectivity index (χ1v) is 5.97. The molecule has 1 atom stereocenters. The van der Waals surface area contributed by atoms with Crippen LogP contribution in [0.15, 0.2) is 22.8 Å². The molecule has 0 aromatic carbocycles. The van der Waals surface area contributed by atoms with Crippen LogP contribution >= 0.6 is 0 Å². The zero-order valence-corrected chi connectivity index (χ0v) is 12.9. The minimum absolute atomic E-state index is 0. The summed E-state index contributed by atoms with van der Waals surface area (Å²) in [5.41, 5.74) is 0. The molecule has 6 nitrogen and oxygen atoms in total. The fourth-order valence-electron chi connectivity index (χ4n) is 1.02. The molecule has 1 heterocycles. The third-order valence-electron chi connectivity index (χ3n) is 1.89. The number of alkyl halides is 5. The summed E-state index contributed by atoms with van der Waals surface area (Å²) >= 11 is 0. The monoisotopic (exact) mass is 348 g/mol. The first kappa shape index (κ1) is 20.3. The Labute approximate surface area is 137 Å². The van der Waals surface area contributed by atoms with Crippen LogP contribution in [-0.2, 0) is 14.9 Å². The molecule has 0 amide bonds. The van der Waals surface area contributed by atoms with Crippen LogP contribution in [0.25, 0.3) is 0 Å². The van der Waals surface area contributed by atoms with Crippen molar-refractivity contribution in [2.45, 2.75) is 17.5 Å². The van der Waals surface area contributed by atoms with Gasteiger partial charge in [-0.15, -0.1) is 0 Å². The van der Waals surface area contributed by atoms with Crippen LogP contribution in [0.2, 0.25) is 0 Å². The third-order valence-corrected chi connectivity index (χ3v) is 2.80. The van der Waals surface area contributed by atoms with Crippen molar-refractivity contribution in [3.63, 3.8) is 0 Å². The molecule has 0 saturated carbocycles. The summed E-state index contributed by atoms with van der Waals surface area (Å²) in [6, 6.07) is 1.86. The summed E-state index contributed by atoms with van der Waals surface area (Å²) in [4.78, 5) is 11.1. The predicted octanol–water partition coefficient (Wildman–Crippen LogP) is -1.04. The molecule has 0 aliphatic rings. The molecule has 21 heavy (non-hydrogen) atoms. The Morgan fingerprint density at radius 1 is 1.33 bits per heavy atom. The van der Waals surface area contributed by atoms with Gasteiger partial charge in [0.25, 0.3) is 6.10 Å². The summed E-state index contributed by atoms with van der Waals surface area (Å²) in [7, 11) is -6.46. The van der Waals surface area contributed by atoms with Gasteiger partial charge in [0, 0.05) is 0 Å². The number of hydrogen-bond acceptors (Lipinski definition) is 5. The van der Waals surface area contributed by atoms with Crippen molar-refractivity contribution < 1.29 is 79.9 Å². The fourth-order valence-corrected chi connectivity index (χ4v) is 1.47. The van der Waals surface area contributed by atoms with Crippen LogP contribution in [0.3, 0.4) is 0 Å². The Morgan fingerprint density at radius 2 is 1.86 bits per heavy atom. The molecule has 0 fully saturated rings. The van der Waals surface area contributed by atoms with Crippen LogP contribution in [0.5, 0.6) is 0 Å². The van der Waals surface area contributed by atoms with Crippen molar-refractivity contribution in [3.8, 4) is 0 Å². The van der Waals surface area contributed by atoms with E-state index in [1.165, 1.54) is 0 Å². The second-order valence-corrected chi connectivity index (χ2v) is 4.84. The smallest absolute Gasteiger partial charge is 1.00 e. The van der Waals surface area contributed by atoms with Gasteiger partial charge < -0.3 is 10.6 Å². The molecule has 13 heteroatoms. The molecule has 1 aromatic heterocycles. The van der Waals surface area contributed by atoms with Gasteiger partial charge in [-0.3, -0.25) is 4.55 Å². The van der Waals surface area contributed by atoms with Crippen molar-refractivity contribution in [1.82, 2.24) is 0 Å². The van der Waals surface area contributed by atoms with E-state index >= 15 is 0 Å². The van der Waals surface area contributed by atoms with Crippen LogP contribution in [0.1, 0.15) is 12.0 Å². The van der Waals surface area contributed by atoms with Gasteiger partial charge in [0.1, 0.15) is 0 Å². The number of ether oxygens (including phenoxy) is 1. The number of halogens is 5. The maximum Gasteiger partial charge on any atom is 1.00 e. The Balaban J connectivity index is 0. The Bertz CT molecular complexity index is 587. The molecule has 0 bridgehead atoms. The predicted molar refractivity (Wildman–Crippen MR) is 51.6 cm³/mol. The van der Waals surface area contributed by atoms with Crippen molar-refractivity contribution in [3.05, 3.63) is 24.2 Å². The van der Waals surface area contributed by atoms with E-state index in [0.717, 1.165) is 18.4 Å². The summed E-state index contributed by atoms with van der Waals surface area (Å²) in [5.74, 6) is -2.83. The molecule has 1 rings (SSSR count). The van der Waals surface area contributed by atoms with Crippen molar-refractivity contribution in [1.29, 1.82) is 0 Å². The number of esters is 1. The van der Waals surface area contributed by atoms with E-state index in [-0.39, 0.29) is 31.0 Å². The van der Waals surface area contributed by atoms with Gasteiger partial charge in [-0.1, -0.05) is 0 Å². The number of furan rings is 1. The van der Waals surface area contributed by atoms with Gasteiger partial charge in [-0.2, -0.15) is 30.4 Å². The third kappa shape index (κ3) is 4.64. The largest absolute Gasteiger partial charge is 1.00 e. The molecule has 1 unspecified atom stereocenters. The molecule has 0 saturated heterocycles. The van der Waals surface area contributed by atoms with Gasteiger partial charge in [-0.25, -0.2) is 4.79 Å². The van der Waals surface area contributed by atoms with E-state index in [1.54, 1.807) is 0 Å². The van der Waals surface area contributed by atoms with Gasteiger partial charge in [-0.05, 0) is 12.1 Å². The maximum absolute atomic E-state index is 13.0. The normalized spacial score (nSPS) is 14.2. The van der Waals surface area contributed by atoms with Gasteiger partial charge in [0.15, 0.2) is 0 Å². The molecular weight excluding hydrogens is 342 g/mol. The first-order chi connectivity index (χ1) is 8.87.